The molecule has 1 heterocycles. The molecule has 4 heteroatoms. The number of Topliss-reactive ketones (excluding diaryl/α,β-unsaturated/α-hetero) is 1. The minimum absolute atomic E-state index is 0.0752. The Kier molecular flexibility index (Phi) is 5.09. The van der Waals surface area contributed by atoms with E-state index in [0.29, 0.717) is 23.5 Å². The molecule has 0 N–H and O–H groups in total. The summed E-state index contributed by atoms with van der Waals surface area (Å²) in [6, 6.07) is 13.1. The zero-order valence-corrected chi connectivity index (χ0v) is 15.2. The summed E-state index contributed by atoms with van der Waals surface area (Å²) in [5.74, 6) is 1.16. The van der Waals surface area contributed by atoms with Crippen LogP contribution in [-0.4, -0.2) is 18.5 Å². The van der Waals surface area contributed by atoms with Crippen molar-refractivity contribution in [2.75, 3.05) is 6.61 Å². The molecule has 2 aromatic rings. The van der Waals surface area contributed by atoms with Crippen LogP contribution < -0.4 is 9.47 Å². The van der Waals surface area contributed by atoms with Crippen LogP contribution in [0.2, 0.25) is 0 Å². The fraction of sp³-hybridized carbons (Fsp3) is 0.273. The molecular weight excluding hydrogens is 326 g/mol. The molecule has 4 nitrogen and oxygen atoms in total. The first-order valence-corrected chi connectivity index (χ1v) is 8.72. The quantitative estimate of drug-likeness (QED) is 0.454. The SMILES string of the molecule is CCOc1cc2c(cc1/C=C(\C#N)C(=O)c1ccccc1C)O[C@@H](C)C2. The Morgan fingerprint density at radius 3 is 2.85 bits per heavy atom. The third-order valence-corrected chi connectivity index (χ3v) is 4.38. The number of ether oxygens (including phenoxy) is 2. The first-order chi connectivity index (χ1) is 12.5. The number of ketones is 1. The highest BCUT2D eigenvalue weighted by Crippen LogP contribution is 2.36. The van der Waals surface area contributed by atoms with Crippen molar-refractivity contribution < 1.29 is 14.3 Å². The number of carbonyl (C=O) groups excluding carboxylic acids is 1. The third-order valence-electron chi connectivity index (χ3n) is 4.38. The van der Waals surface area contributed by atoms with Gasteiger partial charge in [-0.1, -0.05) is 24.3 Å². The van der Waals surface area contributed by atoms with Crippen LogP contribution in [-0.2, 0) is 6.42 Å². The van der Waals surface area contributed by atoms with Crippen molar-refractivity contribution in [2.24, 2.45) is 0 Å². The summed E-state index contributed by atoms with van der Waals surface area (Å²) in [5.41, 5.74) is 3.21. The molecule has 0 bridgehead atoms. The summed E-state index contributed by atoms with van der Waals surface area (Å²) >= 11 is 0. The highest BCUT2D eigenvalue weighted by atomic mass is 16.5. The maximum absolute atomic E-state index is 12.8. The number of benzene rings is 2. The number of rotatable bonds is 5. The van der Waals surface area contributed by atoms with Crippen molar-refractivity contribution in [3.8, 4) is 17.6 Å². The van der Waals surface area contributed by atoms with E-state index in [1.54, 1.807) is 18.2 Å². The lowest BCUT2D eigenvalue weighted by Crippen LogP contribution is -2.05. The highest BCUT2D eigenvalue weighted by molar-refractivity contribution is 6.14. The molecule has 0 aliphatic carbocycles. The van der Waals surface area contributed by atoms with Crippen molar-refractivity contribution in [1.29, 1.82) is 5.26 Å². The minimum Gasteiger partial charge on any atom is -0.493 e. The van der Waals surface area contributed by atoms with Crippen LogP contribution in [0.15, 0.2) is 42.0 Å². The number of hydrogen-bond acceptors (Lipinski definition) is 4. The second-order valence-corrected chi connectivity index (χ2v) is 6.38. The van der Waals surface area contributed by atoms with Crippen molar-refractivity contribution in [2.45, 2.75) is 33.3 Å². The zero-order chi connectivity index (χ0) is 18.7. The average molecular weight is 347 g/mol. The summed E-state index contributed by atoms with van der Waals surface area (Å²) in [6.07, 6.45) is 2.53. The van der Waals surface area contributed by atoms with Gasteiger partial charge in [0.25, 0.3) is 0 Å². The second-order valence-electron chi connectivity index (χ2n) is 6.38. The van der Waals surface area contributed by atoms with Crippen LogP contribution in [0.5, 0.6) is 11.5 Å². The lowest BCUT2D eigenvalue weighted by molar-refractivity contribution is 0.103. The van der Waals surface area contributed by atoms with E-state index in [1.165, 1.54) is 0 Å². The first kappa shape index (κ1) is 17.8. The van der Waals surface area contributed by atoms with Crippen molar-refractivity contribution in [3.05, 3.63) is 64.2 Å². The van der Waals surface area contributed by atoms with Crippen LogP contribution in [0.25, 0.3) is 6.08 Å². The van der Waals surface area contributed by atoms with E-state index in [1.807, 2.05) is 51.1 Å². The second kappa shape index (κ2) is 7.45. The summed E-state index contributed by atoms with van der Waals surface area (Å²) in [7, 11) is 0. The molecule has 0 fully saturated rings. The van der Waals surface area contributed by atoms with Crippen molar-refractivity contribution in [3.63, 3.8) is 0 Å². The maximum Gasteiger partial charge on any atom is 0.203 e. The first-order valence-electron chi connectivity index (χ1n) is 8.72. The van der Waals surface area contributed by atoms with Crippen molar-refractivity contribution >= 4 is 11.9 Å². The number of aryl methyl sites for hydroxylation is 1. The van der Waals surface area contributed by atoms with Crippen LogP contribution >= 0.6 is 0 Å². The van der Waals surface area contributed by atoms with E-state index in [2.05, 4.69) is 0 Å². The van der Waals surface area contributed by atoms with E-state index >= 15 is 0 Å². The molecular formula is C22H21NO3. The molecule has 1 aliphatic rings. The van der Waals surface area contributed by atoms with Crippen LogP contribution in [0.1, 0.15) is 40.9 Å². The van der Waals surface area contributed by atoms with Crippen LogP contribution in [0.3, 0.4) is 0 Å². The smallest absolute Gasteiger partial charge is 0.203 e. The minimum atomic E-state index is -0.289. The Bertz CT molecular complexity index is 921. The van der Waals surface area contributed by atoms with Gasteiger partial charge < -0.3 is 9.47 Å². The maximum atomic E-state index is 12.8. The van der Waals surface area contributed by atoms with Gasteiger partial charge in [-0.2, -0.15) is 5.26 Å². The van der Waals surface area contributed by atoms with Gasteiger partial charge in [0, 0.05) is 23.1 Å². The Hall–Kier alpha value is -3.06. The standard InChI is InChI=1S/C22H21NO3/c1-4-25-20-11-16-9-15(3)26-21(16)12-17(20)10-18(13-23)22(24)19-8-6-5-7-14(19)2/h5-8,10-12,15H,4,9H2,1-3H3/b18-10+/t15-/m0/s1. The van der Waals surface area contributed by atoms with Crippen LogP contribution in [0.4, 0.5) is 0 Å². The molecule has 2 aromatic carbocycles. The molecule has 0 unspecified atom stereocenters. The van der Waals surface area contributed by atoms with Crippen LogP contribution in [0, 0.1) is 18.3 Å². The zero-order valence-electron chi connectivity index (χ0n) is 15.2. The molecule has 1 atom stereocenters. The van der Waals surface area contributed by atoms with E-state index in [4.69, 9.17) is 9.47 Å². The highest BCUT2D eigenvalue weighted by Gasteiger charge is 2.22. The summed E-state index contributed by atoms with van der Waals surface area (Å²) in [4.78, 5) is 12.8. The molecule has 26 heavy (non-hydrogen) atoms. The fourth-order valence-electron chi connectivity index (χ4n) is 3.13. The number of nitrogens with zero attached hydrogens (tertiary/aromatic N) is 1. The largest absolute Gasteiger partial charge is 0.493 e. The monoisotopic (exact) mass is 347 g/mol. The van der Waals surface area contributed by atoms with Gasteiger partial charge in [-0.05, 0) is 44.5 Å². The van der Waals surface area contributed by atoms with E-state index < -0.39 is 0 Å². The van der Waals surface area contributed by atoms with E-state index in [0.717, 1.165) is 23.3 Å². The molecule has 0 spiro atoms. The fourth-order valence-corrected chi connectivity index (χ4v) is 3.13. The third kappa shape index (κ3) is 3.48. The molecule has 3 rings (SSSR count). The van der Waals surface area contributed by atoms with Gasteiger partial charge >= 0.3 is 0 Å². The lowest BCUT2D eigenvalue weighted by Gasteiger charge is -2.11. The Morgan fingerprint density at radius 1 is 1.38 bits per heavy atom. The number of hydrogen-bond donors (Lipinski definition) is 0. The number of carbonyl (C=O) groups is 1. The van der Waals surface area contributed by atoms with Gasteiger partial charge in [0.1, 0.15) is 29.2 Å². The number of nitriles is 1. The number of fused-ring (bicyclic) bond motifs is 1. The lowest BCUT2D eigenvalue weighted by atomic mass is 9.97. The Balaban J connectivity index is 2.04. The van der Waals surface area contributed by atoms with Gasteiger partial charge in [0.15, 0.2) is 0 Å². The van der Waals surface area contributed by atoms with Gasteiger partial charge in [-0.3, -0.25) is 4.79 Å². The van der Waals surface area contributed by atoms with E-state index in [-0.39, 0.29) is 17.5 Å². The Labute approximate surface area is 153 Å². The van der Waals surface area contributed by atoms with E-state index in [9.17, 15) is 10.1 Å². The number of allylic oxidation sites excluding steroid dienone is 1. The average Bonchev–Trinajstić information content (AvgIpc) is 2.98. The van der Waals surface area contributed by atoms with Gasteiger partial charge in [0.2, 0.25) is 5.78 Å². The molecule has 0 saturated heterocycles. The molecule has 0 amide bonds. The summed E-state index contributed by atoms with van der Waals surface area (Å²) in [5, 5.41) is 9.56. The van der Waals surface area contributed by atoms with Gasteiger partial charge in [0.05, 0.1) is 6.61 Å². The predicted octanol–water partition coefficient (Wildman–Crippen LogP) is 4.51. The van der Waals surface area contributed by atoms with Gasteiger partial charge in [-0.15, -0.1) is 0 Å². The topological polar surface area (TPSA) is 59.3 Å². The molecule has 132 valence electrons. The van der Waals surface area contributed by atoms with Gasteiger partial charge in [-0.25, -0.2) is 0 Å². The summed E-state index contributed by atoms with van der Waals surface area (Å²) in [6.45, 7) is 6.28. The molecule has 0 saturated carbocycles. The van der Waals surface area contributed by atoms with Crippen molar-refractivity contribution in [1.82, 2.24) is 0 Å². The molecule has 1 aliphatic heterocycles. The molecule has 0 aromatic heterocycles. The normalized spacial score (nSPS) is 15.8. The Morgan fingerprint density at radius 2 is 2.15 bits per heavy atom. The summed E-state index contributed by atoms with van der Waals surface area (Å²) < 4.78 is 11.5. The molecule has 0 radical (unpaired) electrons. The predicted molar refractivity (Wildman–Crippen MR) is 101 cm³/mol.